The molecule has 1 unspecified atom stereocenters. The number of aromatic amines is 1. The number of hydrogen-bond acceptors (Lipinski definition) is 2. The summed E-state index contributed by atoms with van der Waals surface area (Å²) < 4.78 is 5.93. The van der Waals surface area contributed by atoms with Gasteiger partial charge in [-0.3, -0.25) is 0 Å². The van der Waals surface area contributed by atoms with Crippen LogP contribution >= 0.6 is 0 Å². The zero-order valence-corrected chi connectivity index (χ0v) is 10.6. The topological polar surface area (TPSA) is 37.0 Å². The van der Waals surface area contributed by atoms with Gasteiger partial charge in [0.1, 0.15) is 0 Å². The molecule has 3 heteroatoms. The van der Waals surface area contributed by atoms with Crippen LogP contribution in [0, 0.1) is 0 Å². The Balaban J connectivity index is 1.56. The maximum absolute atomic E-state index is 5.93. The van der Waals surface area contributed by atoms with E-state index in [1.165, 1.54) is 29.3 Å². The summed E-state index contributed by atoms with van der Waals surface area (Å²) in [4.78, 5) is 3.31. The molecule has 1 atom stereocenters. The van der Waals surface area contributed by atoms with E-state index < -0.39 is 0 Å². The molecule has 96 valence electrons. The van der Waals surface area contributed by atoms with Gasteiger partial charge in [-0.05, 0) is 37.4 Å². The van der Waals surface area contributed by atoms with E-state index in [0.29, 0.717) is 6.10 Å². The smallest absolute Gasteiger partial charge is 0.0700 e. The molecule has 2 heterocycles. The van der Waals surface area contributed by atoms with Gasteiger partial charge in [-0.1, -0.05) is 18.2 Å². The molecule has 1 aliphatic rings. The Labute approximate surface area is 108 Å². The SMILES string of the molecule is c1ccc2c(CCOC3CCCNC3)c[nH]c2c1. The number of ether oxygens (including phenoxy) is 1. The predicted molar refractivity (Wildman–Crippen MR) is 73.8 cm³/mol. The number of para-hydroxylation sites is 1. The zero-order valence-electron chi connectivity index (χ0n) is 10.6. The van der Waals surface area contributed by atoms with Gasteiger partial charge in [-0.15, -0.1) is 0 Å². The van der Waals surface area contributed by atoms with Crippen LogP contribution in [0.25, 0.3) is 10.9 Å². The van der Waals surface area contributed by atoms with Crippen LogP contribution < -0.4 is 5.32 Å². The largest absolute Gasteiger partial charge is 0.377 e. The predicted octanol–water partition coefficient (Wildman–Crippen LogP) is 2.48. The molecule has 1 aromatic carbocycles. The Morgan fingerprint density at radius 2 is 2.22 bits per heavy atom. The third-order valence-corrected chi connectivity index (χ3v) is 3.65. The number of hydrogen-bond donors (Lipinski definition) is 2. The van der Waals surface area contributed by atoms with Gasteiger partial charge in [0, 0.05) is 23.6 Å². The van der Waals surface area contributed by atoms with Gasteiger partial charge in [-0.2, -0.15) is 0 Å². The molecular weight excluding hydrogens is 224 g/mol. The van der Waals surface area contributed by atoms with E-state index in [-0.39, 0.29) is 0 Å². The second kappa shape index (κ2) is 5.55. The monoisotopic (exact) mass is 244 g/mol. The van der Waals surface area contributed by atoms with Crippen molar-refractivity contribution in [3.8, 4) is 0 Å². The van der Waals surface area contributed by atoms with Crippen molar-refractivity contribution in [2.24, 2.45) is 0 Å². The molecule has 1 saturated heterocycles. The summed E-state index contributed by atoms with van der Waals surface area (Å²) in [6.07, 6.45) is 5.93. The second-order valence-corrected chi connectivity index (χ2v) is 4.95. The Bertz CT molecular complexity index is 500. The first-order valence-corrected chi connectivity index (χ1v) is 6.81. The van der Waals surface area contributed by atoms with Gasteiger partial charge < -0.3 is 15.0 Å². The lowest BCUT2D eigenvalue weighted by atomic mass is 10.1. The van der Waals surface area contributed by atoms with E-state index in [1.54, 1.807) is 0 Å². The van der Waals surface area contributed by atoms with Gasteiger partial charge >= 0.3 is 0 Å². The molecule has 2 N–H and O–H groups in total. The van der Waals surface area contributed by atoms with Crippen LogP contribution in [0.1, 0.15) is 18.4 Å². The molecule has 0 radical (unpaired) electrons. The number of aromatic nitrogens is 1. The number of nitrogens with one attached hydrogen (secondary N) is 2. The molecule has 3 rings (SSSR count). The van der Waals surface area contributed by atoms with Crippen LogP contribution in [0.2, 0.25) is 0 Å². The number of piperidine rings is 1. The minimum Gasteiger partial charge on any atom is -0.377 e. The van der Waals surface area contributed by atoms with E-state index in [1.807, 2.05) is 0 Å². The molecule has 0 spiro atoms. The van der Waals surface area contributed by atoms with Crippen LogP contribution in [0.3, 0.4) is 0 Å². The Morgan fingerprint density at radius 3 is 3.11 bits per heavy atom. The summed E-state index contributed by atoms with van der Waals surface area (Å²) in [5.41, 5.74) is 2.57. The summed E-state index contributed by atoms with van der Waals surface area (Å²) >= 11 is 0. The van der Waals surface area contributed by atoms with Gasteiger partial charge in [0.05, 0.1) is 12.7 Å². The van der Waals surface area contributed by atoms with Crippen molar-refractivity contribution in [3.63, 3.8) is 0 Å². The number of fused-ring (bicyclic) bond motifs is 1. The van der Waals surface area contributed by atoms with E-state index in [2.05, 4.69) is 40.8 Å². The lowest BCUT2D eigenvalue weighted by molar-refractivity contribution is 0.0391. The van der Waals surface area contributed by atoms with E-state index in [4.69, 9.17) is 4.74 Å². The average molecular weight is 244 g/mol. The fourth-order valence-corrected chi connectivity index (χ4v) is 2.64. The molecule has 0 amide bonds. The van der Waals surface area contributed by atoms with Crippen LogP contribution in [-0.4, -0.2) is 30.8 Å². The minimum absolute atomic E-state index is 0.406. The molecule has 0 aliphatic carbocycles. The summed E-state index contributed by atoms with van der Waals surface area (Å²) in [6, 6.07) is 8.44. The summed E-state index contributed by atoms with van der Waals surface area (Å²) in [5.74, 6) is 0. The highest BCUT2D eigenvalue weighted by molar-refractivity contribution is 5.82. The highest BCUT2D eigenvalue weighted by Gasteiger charge is 2.13. The number of rotatable bonds is 4. The van der Waals surface area contributed by atoms with Gasteiger partial charge in [-0.25, -0.2) is 0 Å². The fraction of sp³-hybridized carbons (Fsp3) is 0.467. The fourth-order valence-electron chi connectivity index (χ4n) is 2.64. The first-order valence-electron chi connectivity index (χ1n) is 6.81. The second-order valence-electron chi connectivity index (χ2n) is 4.95. The lowest BCUT2D eigenvalue weighted by Crippen LogP contribution is -2.35. The van der Waals surface area contributed by atoms with Crippen LogP contribution in [0.15, 0.2) is 30.5 Å². The maximum atomic E-state index is 5.93. The summed E-state index contributed by atoms with van der Waals surface area (Å²) in [7, 11) is 0. The molecule has 1 aliphatic heterocycles. The lowest BCUT2D eigenvalue weighted by Gasteiger charge is -2.22. The third-order valence-electron chi connectivity index (χ3n) is 3.65. The minimum atomic E-state index is 0.406. The number of benzene rings is 1. The first-order chi connectivity index (χ1) is 8.93. The van der Waals surface area contributed by atoms with Crippen molar-refractivity contribution in [2.75, 3.05) is 19.7 Å². The van der Waals surface area contributed by atoms with Crippen molar-refractivity contribution in [1.82, 2.24) is 10.3 Å². The van der Waals surface area contributed by atoms with Crippen molar-refractivity contribution in [2.45, 2.75) is 25.4 Å². The van der Waals surface area contributed by atoms with Crippen molar-refractivity contribution in [1.29, 1.82) is 0 Å². The van der Waals surface area contributed by atoms with Gasteiger partial charge in [0.15, 0.2) is 0 Å². The van der Waals surface area contributed by atoms with Crippen molar-refractivity contribution < 1.29 is 4.74 Å². The molecule has 2 aromatic rings. The molecule has 3 nitrogen and oxygen atoms in total. The van der Waals surface area contributed by atoms with E-state index in [9.17, 15) is 0 Å². The highest BCUT2D eigenvalue weighted by atomic mass is 16.5. The Hall–Kier alpha value is -1.32. The molecule has 1 fully saturated rings. The Kier molecular flexibility index (Phi) is 3.62. The van der Waals surface area contributed by atoms with Crippen LogP contribution in [0.5, 0.6) is 0 Å². The Morgan fingerprint density at radius 1 is 1.28 bits per heavy atom. The molecule has 18 heavy (non-hydrogen) atoms. The quantitative estimate of drug-likeness (QED) is 0.867. The highest BCUT2D eigenvalue weighted by Crippen LogP contribution is 2.18. The average Bonchev–Trinajstić information content (AvgIpc) is 2.84. The number of H-pyrrole nitrogens is 1. The van der Waals surface area contributed by atoms with Crippen molar-refractivity contribution >= 4 is 10.9 Å². The van der Waals surface area contributed by atoms with E-state index >= 15 is 0 Å². The van der Waals surface area contributed by atoms with Crippen LogP contribution in [-0.2, 0) is 11.2 Å². The van der Waals surface area contributed by atoms with E-state index in [0.717, 1.165) is 26.1 Å². The summed E-state index contributed by atoms with van der Waals surface area (Å²) in [5, 5.41) is 4.70. The zero-order chi connectivity index (χ0) is 12.2. The third kappa shape index (κ3) is 2.57. The van der Waals surface area contributed by atoms with Crippen molar-refractivity contribution in [3.05, 3.63) is 36.0 Å². The van der Waals surface area contributed by atoms with Gasteiger partial charge in [0.25, 0.3) is 0 Å². The molecule has 0 saturated carbocycles. The molecule has 1 aromatic heterocycles. The standard InChI is InChI=1S/C15H20N2O/c1-2-6-15-14(5-1)12(10-17-15)7-9-18-13-4-3-8-16-11-13/h1-2,5-6,10,13,16-17H,3-4,7-9,11H2. The normalized spacial score (nSPS) is 20.3. The molecular formula is C15H20N2O. The maximum Gasteiger partial charge on any atom is 0.0700 e. The summed E-state index contributed by atoms with van der Waals surface area (Å²) in [6.45, 7) is 2.96. The first kappa shape index (κ1) is 11.8. The molecule has 0 bridgehead atoms. The van der Waals surface area contributed by atoms with Gasteiger partial charge in [0.2, 0.25) is 0 Å². The van der Waals surface area contributed by atoms with Crippen LogP contribution in [0.4, 0.5) is 0 Å².